The molecule has 0 unspecified atom stereocenters. The molecule has 1 heterocycles. The van der Waals surface area contributed by atoms with Crippen LogP contribution >= 0.6 is 0 Å². The van der Waals surface area contributed by atoms with E-state index in [0.717, 1.165) is 0 Å². The van der Waals surface area contributed by atoms with Gasteiger partial charge in [-0.3, -0.25) is 4.98 Å². The van der Waals surface area contributed by atoms with Gasteiger partial charge in [0, 0.05) is 23.5 Å². The Morgan fingerprint density at radius 2 is 1.33 bits per heavy atom. The molecule has 0 aliphatic heterocycles. The lowest BCUT2D eigenvalue weighted by molar-refractivity contribution is -0.348. The van der Waals surface area contributed by atoms with Crippen molar-refractivity contribution < 1.29 is 30.7 Å². The highest BCUT2D eigenvalue weighted by atomic mass is 19.4. The molecule has 0 atom stereocenters. The molecule has 2 aromatic rings. The summed E-state index contributed by atoms with van der Waals surface area (Å²) in [5.41, 5.74) is -5.79. The van der Waals surface area contributed by atoms with Crippen molar-refractivity contribution in [3.63, 3.8) is 0 Å². The zero-order valence-corrected chi connectivity index (χ0v) is 12.6. The summed E-state index contributed by atoms with van der Waals surface area (Å²) in [6.07, 6.45) is -9.35. The monoisotopic (exact) mass is 351 g/mol. The van der Waals surface area contributed by atoms with Crippen molar-refractivity contribution in [1.82, 2.24) is 4.98 Å². The molecule has 1 aromatic heterocycles. The predicted molar refractivity (Wildman–Crippen MR) is 74.0 cm³/mol. The number of benzene rings is 1. The summed E-state index contributed by atoms with van der Waals surface area (Å²) in [6.45, 7) is 2.65. The highest BCUT2D eigenvalue weighted by Gasteiger charge is 2.73. The predicted octanol–water partition coefficient (Wildman–Crippen LogP) is 5.65. The van der Waals surface area contributed by atoms with Gasteiger partial charge in [0.1, 0.15) is 0 Å². The first kappa shape index (κ1) is 18.2. The second-order valence-electron chi connectivity index (χ2n) is 5.38. The quantitative estimate of drug-likeness (QED) is 0.637. The van der Waals surface area contributed by atoms with Gasteiger partial charge < -0.3 is 0 Å². The van der Waals surface area contributed by atoms with Crippen molar-refractivity contribution in [3.8, 4) is 11.1 Å². The van der Waals surface area contributed by atoms with E-state index in [2.05, 4.69) is 4.98 Å². The van der Waals surface area contributed by atoms with Crippen LogP contribution in [0.5, 0.6) is 0 Å². The first-order valence-electron chi connectivity index (χ1n) is 6.74. The SMILES string of the molecule is Cc1cc(C(F)(C(F)(F)F)C(F)(F)F)cc(C)c1-c1cccnc1. The van der Waals surface area contributed by atoms with Crippen molar-refractivity contribution in [2.75, 3.05) is 0 Å². The largest absolute Gasteiger partial charge is 0.435 e. The fourth-order valence-electron chi connectivity index (χ4n) is 2.62. The Morgan fingerprint density at radius 3 is 1.71 bits per heavy atom. The summed E-state index contributed by atoms with van der Waals surface area (Å²) in [6, 6.07) is 4.35. The number of halogens is 7. The van der Waals surface area contributed by atoms with Crippen LogP contribution in [-0.4, -0.2) is 17.3 Å². The minimum absolute atomic E-state index is 0.0912. The van der Waals surface area contributed by atoms with Crippen LogP contribution in [0, 0.1) is 13.8 Å². The number of pyridine rings is 1. The van der Waals surface area contributed by atoms with Crippen LogP contribution in [0.15, 0.2) is 36.7 Å². The minimum atomic E-state index is -6.13. The summed E-state index contributed by atoms with van der Waals surface area (Å²) in [5.74, 6) is 0. The van der Waals surface area contributed by atoms with Gasteiger partial charge in [-0.2, -0.15) is 26.3 Å². The molecule has 1 nitrogen and oxygen atoms in total. The second-order valence-corrected chi connectivity index (χ2v) is 5.38. The van der Waals surface area contributed by atoms with Crippen LogP contribution in [-0.2, 0) is 5.67 Å². The van der Waals surface area contributed by atoms with E-state index in [4.69, 9.17) is 0 Å². The van der Waals surface area contributed by atoms with Crippen LogP contribution in [0.1, 0.15) is 16.7 Å². The van der Waals surface area contributed by atoms with Gasteiger partial charge in [-0.1, -0.05) is 18.2 Å². The molecule has 0 fully saturated rings. The Hall–Kier alpha value is -2.12. The van der Waals surface area contributed by atoms with Gasteiger partial charge in [0.25, 0.3) is 0 Å². The zero-order valence-electron chi connectivity index (χ0n) is 12.6. The van der Waals surface area contributed by atoms with E-state index >= 15 is 0 Å². The van der Waals surface area contributed by atoms with E-state index in [1.807, 2.05) is 0 Å². The smallest absolute Gasteiger partial charge is 0.264 e. The van der Waals surface area contributed by atoms with Crippen LogP contribution in [0.4, 0.5) is 30.7 Å². The first-order chi connectivity index (χ1) is 10.9. The molecule has 8 heteroatoms. The number of aromatic nitrogens is 1. The van der Waals surface area contributed by atoms with Crippen molar-refractivity contribution in [2.45, 2.75) is 31.9 Å². The second kappa shape index (κ2) is 5.75. The normalized spacial score (nSPS) is 13.2. The maximum absolute atomic E-state index is 14.2. The lowest BCUT2D eigenvalue weighted by Gasteiger charge is -2.31. The maximum Gasteiger partial charge on any atom is 0.435 e. The number of alkyl halides is 7. The van der Waals surface area contributed by atoms with E-state index in [0.29, 0.717) is 23.3 Å². The van der Waals surface area contributed by atoms with Crippen LogP contribution < -0.4 is 0 Å². The summed E-state index contributed by atoms with van der Waals surface area (Å²) >= 11 is 0. The van der Waals surface area contributed by atoms with Gasteiger partial charge in [0.2, 0.25) is 0 Å². The molecular weight excluding hydrogens is 339 g/mol. The molecule has 0 aliphatic rings. The molecule has 0 spiro atoms. The summed E-state index contributed by atoms with van der Waals surface area (Å²) in [5, 5.41) is 0. The standard InChI is InChI=1S/C16H12F7N/c1-9-6-12(14(17,15(18,19)20)16(21,22)23)7-10(2)13(9)11-4-3-5-24-8-11/h3-8H,1-2H3. The summed E-state index contributed by atoms with van der Waals surface area (Å²) in [7, 11) is 0. The Morgan fingerprint density at radius 1 is 0.833 bits per heavy atom. The van der Waals surface area contributed by atoms with Gasteiger partial charge in [0.05, 0.1) is 0 Å². The van der Waals surface area contributed by atoms with Gasteiger partial charge in [-0.05, 0) is 36.6 Å². The van der Waals surface area contributed by atoms with Gasteiger partial charge in [-0.25, -0.2) is 4.39 Å². The molecule has 0 saturated heterocycles. The molecule has 24 heavy (non-hydrogen) atoms. The third-order valence-corrected chi connectivity index (χ3v) is 3.66. The number of aryl methyl sites for hydroxylation is 2. The van der Waals surface area contributed by atoms with Crippen molar-refractivity contribution in [1.29, 1.82) is 0 Å². The third-order valence-electron chi connectivity index (χ3n) is 3.66. The minimum Gasteiger partial charge on any atom is -0.264 e. The fourth-order valence-corrected chi connectivity index (χ4v) is 2.62. The van der Waals surface area contributed by atoms with Crippen molar-refractivity contribution >= 4 is 0 Å². The number of hydrogen-bond donors (Lipinski definition) is 0. The first-order valence-corrected chi connectivity index (χ1v) is 6.74. The van der Waals surface area contributed by atoms with Crippen molar-refractivity contribution in [3.05, 3.63) is 53.3 Å². The van der Waals surface area contributed by atoms with Gasteiger partial charge in [0.15, 0.2) is 0 Å². The molecule has 2 rings (SSSR count). The molecular formula is C16H12F7N. The number of nitrogens with zero attached hydrogens (tertiary/aromatic N) is 1. The molecule has 0 saturated carbocycles. The Balaban J connectivity index is 2.70. The zero-order chi connectivity index (χ0) is 18.3. The average molecular weight is 351 g/mol. The van der Waals surface area contributed by atoms with Crippen LogP contribution in [0.3, 0.4) is 0 Å². The third kappa shape index (κ3) is 2.85. The molecule has 0 bridgehead atoms. The number of hydrogen-bond acceptors (Lipinski definition) is 1. The topological polar surface area (TPSA) is 12.9 Å². The molecule has 0 radical (unpaired) electrons. The van der Waals surface area contributed by atoms with Gasteiger partial charge >= 0.3 is 18.0 Å². The molecule has 1 aromatic carbocycles. The van der Waals surface area contributed by atoms with E-state index in [1.165, 1.54) is 26.2 Å². The Bertz CT molecular complexity index is 695. The van der Waals surface area contributed by atoms with E-state index in [-0.39, 0.29) is 11.1 Å². The highest BCUT2D eigenvalue weighted by Crippen LogP contribution is 2.53. The Labute approximate surface area is 133 Å². The number of rotatable bonds is 2. The lowest BCUT2D eigenvalue weighted by Crippen LogP contribution is -2.50. The van der Waals surface area contributed by atoms with E-state index in [9.17, 15) is 30.7 Å². The van der Waals surface area contributed by atoms with Crippen molar-refractivity contribution in [2.24, 2.45) is 0 Å². The molecule has 0 aliphatic carbocycles. The molecule has 130 valence electrons. The van der Waals surface area contributed by atoms with E-state index in [1.54, 1.807) is 12.1 Å². The average Bonchev–Trinajstić information content (AvgIpc) is 2.44. The fraction of sp³-hybridized carbons (Fsp3) is 0.312. The van der Waals surface area contributed by atoms with Gasteiger partial charge in [-0.15, -0.1) is 0 Å². The summed E-state index contributed by atoms with van der Waals surface area (Å²) < 4.78 is 91.4. The highest BCUT2D eigenvalue weighted by molar-refractivity contribution is 5.70. The molecule has 0 N–H and O–H groups in total. The maximum atomic E-state index is 14.2. The summed E-state index contributed by atoms with van der Waals surface area (Å²) in [4.78, 5) is 3.86. The lowest BCUT2D eigenvalue weighted by atomic mass is 9.87. The van der Waals surface area contributed by atoms with Crippen LogP contribution in [0.2, 0.25) is 0 Å². The van der Waals surface area contributed by atoms with Crippen LogP contribution in [0.25, 0.3) is 11.1 Å². The molecule has 0 amide bonds. The Kier molecular flexibility index (Phi) is 4.37. The van der Waals surface area contributed by atoms with E-state index < -0.39 is 23.6 Å².